The van der Waals surface area contributed by atoms with Gasteiger partial charge in [0.05, 0.1) is 29.0 Å². The maximum atomic E-state index is 12.6. The minimum absolute atomic E-state index is 0.00365. The quantitative estimate of drug-likeness (QED) is 0.362. The van der Waals surface area contributed by atoms with Crippen molar-refractivity contribution in [2.75, 3.05) is 4.72 Å². The van der Waals surface area contributed by atoms with Crippen molar-refractivity contribution in [2.45, 2.75) is 17.6 Å². The number of benzene rings is 2. The molecule has 0 atom stereocenters. The number of rotatable bonds is 5. The number of pyridine rings is 1. The van der Waals surface area contributed by atoms with Crippen LogP contribution in [0.2, 0.25) is 0 Å². The number of hydrogen-bond donors (Lipinski definition) is 2. The number of alkyl halides is 3. The van der Waals surface area contributed by atoms with Crippen LogP contribution in [0.5, 0.6) is 0 Å². The maximum absolute atomic E-state index is 12.6. The first-order chi connectivity index (χ1) is 12.0. The minimum Gasteiger partial charge on any atom is -0.324 e. The van der Waals surface area contributed by atoms with E-state index in [0.29, 0.717) is 21.8 Å². The molecule has 0 aliphatic rings. The fourth-order valence-corrected chi connectivity index (χ4v) is 2.93. The van der Waals surface area contributed by atoms with Gasteiger partial charge in [-0.15, -0.1) is 4.48 Å². The first kappa shape index (κ1) is 17.5. The van der Waals surface area contributed by atoms with Crippen molar-refractivity contribution < 1.29 is 17.7 Å². The molecule has 3 aromatic rings. The number of para-hydroxylation sites is 1. The standard InChI is InChI=1S/C17H13F4N3S/c18-17(19,20)12-5-8-14(9-6-12)25-24-15-3-1-2-11-4-7-13(10-22-21)23-16(11)15/h1-9,22,24H,10H2. The Labute approximate surface area is 145 Å². The van der Waals surface area contributed by atoms with E-state index in [1.165, 1.54) is 24.1 Å². The van der Waals surface area contributed by atoms with Gasteiger partial charge in [-0.2, -0.15) is 18.7 Å². The molecule has 0 fully saturated rings. The van der Waals surface area contributed by atoms with E-state index in [9.17, 15) is 17.7 Å². The molecule has 0 radical (unpaired) electrons. The molecule has 0 spiro atoms. The van der Waals surface area contributed by atoms with E-state index in [2.05, 4.69) is 9.71 Å². The molecule has 1 aromatic heterocycles. The number of anilines is 1. The van der Waals surface area contributed by atoms with Crippen LogP contribution in [0.4, 0.5) is 23.3 Å². The molecule has 130 valence electrons. The summed E-state index contributed by atoms with van der Waals surface area (Å²) >= 11 is 1.18. The van der Waals surface area contributed by atoms with Crippen LogP contribution in [0.3, 0.4) is 0 Å². The topological polar surface area (TPSA) is 37.0 Å². The van der Waals surface area contributed by atoms with Crippen molar-refractivity contribution in [1.82, 2.24) is 10.5 Å². The highest BCUT2D eigenvalue weighted by atomic mass is 32.2. The lowest BCUT2D eigenvalue weighted by Crippen LogP contribution is -2.04. The van der Waals surface area contributed by atoms with Gasteiger partial charge in [-0.25, -0.2) is 4.98 Å². The molecule has 3 rings (SSSR count). The Bertz CT molecular complexity index is 866. The second-order valence-electron chi connectivity index (χ2n) is 5.22. The lowest BCUT2D eigenvalue weighted by atomic mass is 10.2. The third-order valence-corrected chi connectivity index (χ3v) is 4.32. The Balaban J connectivity index is 1.79. The molecule has 0 aliphatic carbocycles. The maximum Gasteiger partial charge on any atom is 0.416 e. The second kappa shape index (κ2) is 7.28. The predicted molar refractivity (Wildman–Crippen MR) is 90.6 cm³/mol. The van der Waals surface area contributed by atoms with Gasteiger partial charge in [-0.05, 0) is 48.3 Å². The number of hydrogen-bond acceptors (Lipinski definition) is 4. The van der Waals surface area contributed by atoms with E-state index in [4.69, 9.17) is 0 Å². The Morgan fingerprint density at radius 1 is 0.960 bits per heavy atom. The molecular formula is C17H13F4N3S. The van der Waals surface area contributed by atoms with Crippen molar-refractivity contribution >= 4 is 28.5 Å². The Hall–Kier alpha value is -2.32. The predicted octanol–water partition coefficient (Wildman–Crippen LogP) is 5.35. The lowest BCUT2D eigenvalue weighted by molar-refractivity contribution is -0.137. The molecule has 2 N–H and O–H groups in total. The monoisotopic (exact) mass is 367 g/mol. The van der Waals surface area contributed by atoms with E-state index in [1.54, 1.807) is 17.7 Å². The summed E-state index contributed by atoms with van der Waals surface area (Å²) in [6.07, 6.45) is -4.35. The van der Waals surface area contributed by atoms with Crippen molar-refractivity contribution in [3.8, 4) is 0 Å². The summed E-state index contributed by atoms with van der Waals surface area (Å²) in [5.74, 6) is 0. The Morgan fingerprint density at radius 2 is 1.72 bits per heavy atom. The van der Waals surface area contributed by atoms with Gasteiger partial charge < -0.3 is 4.72 Å². The molecule has 2 aromatic carbocycles. The van der Waals surface area contributed by atoms with Gasteiger partial charge in [-0.3, -0.25) is 0 Å². The molecule has 8 heteroatoms. The first-order valence-corrected chi connectivity index (χ1v) is 8.11. The van der Waals surface area contributed by atoms with Gasteiger partial charge >= 0.3 is 6.18 Å². The number of halogens is 4. The van der Waals surface area contributed by atoms with Crippen LogP contribution in [-0.4, -0.2) is 4.98 Å². The summed E-state index contributed by atoms with van der Waals surface area (Å²) in [7, 11) is 0. The fourth-order valence-electron chi connectivity index (χ4n) is 2.26. The lowest BCUT2D eigenvalue weighted by Gasteiger charge is -2.10. The Morgan fingerprint density at radius 3 is 2.40 bits per heavy atom. The van der Waals surface area contributed by atoms with Crippen LogP contribution in [0.1, 0.15) is 11.3 Å². The Kier molecular flexibility index (Phi) is 5.10. The molecule has 1 heterocycles. The highest BCUT2D eigenvalue weighted by Gasteiger charge is 2.29. The minimum atomic E-state index is -4.35. The van der Waals surface area contributed by atoms with Gasteiger partial charge in [0.25, 0.3) is 0 Å². The molecular weight excluding hydrogens is 354 g/mol. The molecule has 0 amide bonds. The van der Waals surface area contributed by atoms with E-state index in [-0.39, 0.29) is 6.54 Å². The largest absolute Gasteiger partial charge is 0.416 e. The average molecular weight is 367 g/mol. The third-order valence-electron chi connectivity index (χ3n) is 3.49. The number of nitrogens with one attached hydrogen (secondary N) is 2. The number of nitrogens with zero attached hydrogens (tertiary/aromatic N) is 1. The molecule has 0 unspecified atom stereocenters. The number of fused-ring (bicyclic) bond motifs is 1. The van der Waals surface area contributed by atoms with E-state index in [1.807, 2.05) is 18.2 Å². The van der Waals surface area contributed by atoms with Gasteiger partial charge in [0.1, 0.15) is 0 Å². The van der Waals surface area contributed by atoms with E-state index < -0.39 is 11.7 Å². The van der Waals surface area contributed by atoms with Crippen LogP contribution in [-0.2, 0) is 12.7 Å². The van der Waals surface area contributed by atoms with E-state index in [0.717, 1.165) is 17.5 Å². The van der Waals surface area contributed by atoms with Gasteiger partial charge in [-0.1, -0.05) is 18.2 Å². The average Bonchev–Trinajstić information content (AvgIpc) is 2.60. The van der Waals surface area contributed by atoms with Crippen molar-refractivity contribution in [2.24, 2.45) is 0 Å². The van der Waals surface area contributed by atoms with Gasteiger partial charge in [0, 0.05) is 10.3 Å². The van der Waals surface area contributed by atoms with E-state index >= 15 is 0 Å². The molecule has 0 saturated heterocycles. The smallest absolute Gasteiger partial charge is 0.324 e. The normalized spacial score (nSPS) is 11.7. The van der Waals surface area contributed by atoms with Crippen LogP contribution < -0.4 is 10.3 Å². The van der Waals surface area contributed by atoms with Gasteiger partial charge in [0.2, 0.25) is 0 Å². The molecule has 0 aliphatic heterocycles. The van der Waals surface area contributed by atoms with Crippen LogP contribution >= 0.6 is 11.9 Å². The van der Waals surface area contributed by atoms with Crippen LogP contribution in [0.15, 0.2) is 59.5 Å². The zero-order chi connectivity index (χ0) is 17.9. The van der Waals surface area contributed by atoms with Crippen LogP contribution in [0.25, 0.3) is 10.9 Å². The van der Waals surface area contributed by atoms with Crippen molar-refractivity contribution in [1.29, 1.82) is 0 Å². The summed E-state index contributed by atoms with van der Waals surface area (Å²) in [6.45, 7) is -0.00365. The summed E-state index contributed by atoms with van der Waals surface area (Å²) in [6, 6.07) is 14.0. The van der Waals surface area contributed by atoms with Crippen LogP contribution in [0, 0.1) is 0 Å². The van der Waals surface area contributed by atoms with Crippen molar-refractivity contribution in [3.63, 3.8) is 0 Å². The zero-order valence-electron chi connectivity index (χ0n) is 12.8. The third kappa shape index (κ3) is 4.21. The summed E-state index contributed by atoms with van der Waals surface area (Å²) in [4.78, 5) is 5.03. The second-order valence-corrected chi connectivity index (χ2v) is 6.10. The molecule has 0 saturated carbocycles. The number of aromatic nitrogens is 1. The molecule has 0 bridgehead atoms. The van der Waals surface area contributed by atoms with Crippen molar-refractivity contribution in [3.05, 3.63) is 65.9 Å². The first-order valence-electron chi connectivity index (χ1n) is 7.29. The fraction of sp³-hybridized carbons (Fsp3) is 0.118. The summed E-state index contributed by atoms with van der Waals surface area (Å²) < 4.78 is 53.1. The molecule has 25 heavy (non-hydrogen) atoms. The zero-order valence-corrected chi connectivity index (χ0v) is 13.6. The summed E-state index contributed by atoms with van der Waals surface area (Å²) in [5.41, 5.74) is 2.78. The summed E-state index contributed by atoms with van der Waals surface area (Å²) in [5, 5.41) is 0.876. The molecule has 3 nitrogen and oxygen atoms in total. The highest BCUT2D eigenvalue weighted by Crippen LogP contribution is 2.32. The highest BCUT2D eigenvalue weighted by molar-refractivity contribution is 8.00. The SMILES string of the molecule is FNCc1ccc2cccc(NSc3ccc(C(F)(F)F)cc3)c2n1. The van der Waals surface area contributed by atoms with Gasteiger partial charge in [0.15, 0.2) is 0 Å².